The molecule has 2 N–H and O–H groups in total. The first kappa shape index (κ1) is 20.3. The zero-order valence-corrected chi connectivity index (χ0v) is 17.7. The minimum Gasteiger partial charge on any atom is -0.376 e. The first-order valence-corrected chi connectivity index (χ1v) is 10.9. The summed E-state index contributed by atoms with van der Waals surface area (Å²) in [6.45, 7) is 5.48. The van der Waals surface area contributed by atoms with Crippen LogP contribution in [0.4, 0.5) is 0 Å². The fourth-order valence-electron chi connectivity index (χ4n) is 4.05. The Bertz CT molecular complexity index is 917. The molecule has 1 aromatic carbocycles. The summed E-state index contributed by atoms with van der Waals surface area (Å²) in [6, 6.07) is 8.07. The van der Waals surface area contributed by atoms with E-state index in [-0.39, 0.29) is 17.8 Å². The molecule has 2 atom stereocenters. The second-order valence-corrected chi connectivity index (χ2v) is 8.44. The SMILES string of the molecule is Cc1ccc2cc(CN(C[C@@H]3CCCO3)C(=S)NC[C@@H]3CCCO3)c(=O)[nH]c2c1. The number of rotatable bonds is 6. The summed E-state index contributed by atoms with van der Waals surface area (Å²) in [5.74, 6) is 0. The monoisotopic (exact) mass is 415 g/mol. The molecule has 0 unspecified atom stereocenters. The Labute approximate surface area is 176 Å². The lowest BCUT2D eigenvalue weighted by Gasteiger charge is -2.28. The zero-order valence-electron chi connectivity index (χ0n) is 16.9. The summed E-state index contributed by atoms with van der Waals surface area (Å²) in [4.78, 5) is 17.8. The molecule has 29 heavy (non-hydrogen) atoms. The second-order valence-electron chi connectivity index (χ2n) is 8.05. The van der Waals surface area contributed by atoms with Crippen molar-refractivity contribution in [1.82, 2.24) is 15.2 Å². The highest BCUT2D eigenvalue weighted by Crippen LogP contribution is 2.17. The van der Waals surface area contributed by atoms with Crippen LogP contribution in [0.25, 0.3) is 10.9 Å². The van der Waals surface area contributed by atoms with E-state index in [1.165, 1.54) is 0 Å². The van der Waals surface area contributed by atoms with Crippen molar-refractivity contribution < 1.29 is 9.47 Å². The largest absolute Gasteiger partial charge is 0.376 e. The van der Waals surface area contributed by atoms with Crippen molar-refractivity contribution in [1.29, 1.82) is 0 Å². The highest BCUT2D eigenvalue weighted by Gasteiger charge is 2.23. The van der Waals surface area contributed by atoms with Gasteiger partial charge in [-0.3, -0.25) is 4.79 Å². The van der Waals surface area contributed by atoms with E-state index in [0.29, 0.717) is 30.3 Å². The molecule has 2 saturated heterocycles. The average molecular weight is 416 g/mol. The number of nitrogens with zero attached hydrogens (tertiary/aromatic N) is 1. The predicted octanol–water partition coefficient (Wildman–Crippen LogP) is 2.87. The lowest BCUT2D eigenvalue weighted by molar-refractivity contribution is 0.0885. The van der Waals surface area contributed by atoms with Crippen molar-refractivity contribution in [3.63, 3.8) is 0 Å². The number of H-pyrrole nitrogens is 1. The summed E-state index contributed by atoms with van der Waals surface area (Å²) < 4.78 is 11.5. The van der Waals surface area contributed by atoms with Crippen molar-refractivity contribution in [3.8, 4) is 0 Å². The molecule has 0 aliphatic carbocycles. The van der Waals surface area contributed by atoms with Crippen LogP contribution in [0.1, 0.15) is 36.8 Å². The van der Waals surface area contributed by atoms with E-state index in [9.17, 15) is 4.79 Å². The zero-order chi connectivity index (χ0) is 20.2. The predicted molar refractivity (Wildman–Crippen MR) is 118 cm³/mol. The Balaban J connectivity index is 1.51. The molecule has 2 fully saturated rings. The van der Waals surface area contributed by atoms with Gasteiger partial charge in [0.15, 0.2) is 5.11 Å². The van der Waals surface area contributed by atoms with Gasteiger partial charge in [-0.1, -0.05) is 12.1 Å². The maximum absolute atomic E-state index is 12.7. The lowest BCUT2D eigenvalue weighted by atomic mass is 10.1. The van der Waals surface area contributed by atoms with E-state index in [2.05, 4.69) is 21.3 Å². The van der Waals surface area contributed by atoms with Crippen molar-refractivity contribution >= 4 is 28.2 Å². The number of aryl methyl sites for hydroxylation is 1. The maximum atomic E-state index is 12.7. The van der Waals surface area contributed by atoms with Crippen molar-refractivity contribution in [2.24, 2.45) is 0 Å². The molecule has 6 nitrogen and oxygen atoms in total. The number of thiocarbonyl (C=S) groups is 1. The molecule has 156 valence electrons. The quantitative estimate of drug-likeness (QED) is 0.708. The van der Waals surface area contributed by atoms with Gasteiger partial charge in [0.1, 0.15) is 0 Å². The number of hydrogen-bond acceptors (Lipinski definition) is 4. The topological polar surface area (TPSA) is 66.6 Å². The fourth-order valence-corrected chi connectivity index (χ4v) is 4.28. The smallest absolute Gasteiger partial charge is 0.253 e. The molecule has 0 radical (unpaired) electrons. The molecule has 7 heteroatoms. The van der Waals surface area contributed by atoms with Gasteiger partial charge in [0.2, 0.25) is 0 Å². The normalized spacial score (nSPS) is 21.6. The van der Waals surface area contributed by atoms with Gasteiger partial charge < -0.3 is 24.7 Å². The van der Waals surface area contributed by atoms with Crippen LogP contribution < -0.4 is 10.9 Å². The highest BCUT2D eigenvalue weighted by molar-refractivity contribution is 7.80. The Morgan fingerprint density at radius 1 is 1.21 bits per heavy atom. The number of fused-ring (bicyclic) bond motifs is 1. The Morgan fingerprint density at radius 3 is 2.69 bits per heavy atom. The van der Waals surface area contributed by atoms with Crippen molar-refractivity contribution in [3.05, 3.63) is 45.7 Å². The molecule has 0 saturated carbocycles. The molecule has 1 aromatic heterocycles. The van der Waals surface area contributed by atoms with E-state index < -0.39 is 0 Å². The number of pyridine rings is 1. The minimum atomic E-state index is -0.0673. The highest BCUT2D eigenvalue weighted by atomic mass is 32.1. The van der Waals surface area contributed by atoms with Gasteiger partial charge in [-0.25, -0.2) is 0 Å². The van der Waals surface area contributed by atoms with Crippen LogP contribution in [-0.4, -0.2) is 53.5 Å². The third kappa shape index (κ3) is 5.15. The number of aromatic amines is 1. The molecular weight excluding hydrogens is 386 g/mol. The van der Waals surface area contributed by atoms with Crippen LogP contribution in [0.5, 0.6) is 0 Å². The summed E-state index contributed by atoms with van der Waals surface area (Å²) in [5, 5.41) is 5.03. The standard InChI is InChI=1S/C22H29N3O3S/c1-15-6-7-16-11-17(21(26)24-20(16)10-15)13-25(14-19-5-3-9-28-19)22(29)23-12-18-4-2-8-27-18/h6-7,10-11,18-19H,2-5,8-9,12-14H2,1H3,(H,23,29)(H,24,26)/t18-,19-/m0/s1. The number of hydrogen-bond donors (Lipinski definition) is 2. The second kappa shape index (κ2) is 9.24. The van der Waals surface area contributed by atoms with Crippen LogP contribution >= 0.6 is 12.2 Å². The Hall–Kier alpha value is -1.96. The van der Waals surface area contributed by atoms with Crippen LogP contribution in [-0.2, 0) is 16.0 Å². The average Bonchev–Trinajstić information content (AvgIpc) is 3.40. The number of aromatic nitrogens is 1. The van der Waals surface area contributed by atoms with E-state index in [4.69, 9.17) is 21.7 Å². The summed E-state index contributed by atoms with van der Waals surface area (Å²) in [7, 11) is 0. The maximum Gasteiger partial charge on any atom is 0.253 e. The third-order valence-corrected chi connectivity index (χ3v) is 6.08. The molecule has 0 bridgehead atoms. The van der Waals surface area contributed by atoms with E-state index >= 15 is 0 Å². The van der Waals surface area contributed by atoms with Gasteiger partial charge in [0.05, 0.1) is 18.8 Å². The van der Waals surface area contributed by atoms with Crippen molar-refractivity contribution in [2.75, 3.05) is 26.3 Å². The van der Waals surface area contributed by atoms with Crippen LogP contribution in [0.15, 0.2) is 29.1 Å². The molecule has 2 aliphatic rings. The molecule has 2 aliphatic heterocycles. The van der Waals surface area contributed by atoms with Gasteiger partial charge >= 0.3 is 0 Å². The van der Waals surface area contributed by atoms with Crippen LogP contribution in [0.2, 0.25) is 0 Å². The molecule has 2 aromatic rings. The summed E-state index contributed by atoms with van der Waals surface area (Å²) in [6.07, 6.45) is 4.63. The lowest BCUT2D eigenvalue weighted by Crippen LogP contribution is -2.45. The number of ether oxygens (including phenoxy) is 2. The van der Waals surface area contributed by atoms with E-state index in [0.717, 1.165) is 55.4 Å². The van der Waals surface area contributed by atoms with Gasteiger partial charge in [-0.15, -0.1) is 0 Å². The van der Waals surface area contributed by atoms with E-state index in [1.807, 2.05) is 25.1 Å². The van der Waals surface area contributed by atoms with Gasteiger partial charge in [-0.05, 0) is 67.9 Å². The molecule has 3 heterocycles. The fraction of sp³-hybridized carbons (Fsp3) is 0.545. The Morgan fingerprint density at radius 2 is 1.97 bits per heavy atom. The van der Waals surface area contributed by atoms with Crippen LogP contribution in [0.3, 0.4) is 0 Å². The summed E-state index contributed by atoms with van der Waals surface area (Å²) >= 11 is 5.69. The molecule has 4 rings (SSSR count). The Kier molecular flexibility index (Phi) is 6.47. The van der Waals surface area contributed by atoms with Crippen molar-refractivity contribution in [2.45, 2.75) is 51.4 Å². The first-order chi connectivity index (χ1) is 14.1. The van der Waals surface area contributed by atoms with Gasteiger partial charge in [0, 0.05) is 37.4 Å². The molecule has 0 amide bonds. The van der Waals surface area contributed by atoms with Gasteiger partial charge in [-0.2, -0.15) is 0 Å². The summed E-state index contributed by atoms with van der Waals surface area (Å²) in [5.41, 5.74) is 2.63. The van der Waals surface area contributed by atoms with E-state index in [1.54, 1.807) is 0 Å². The number of benzene rings is 1. The minimum absolute atomic E-state index is 0.0673. The first-order valence-electron chi connectivity index (χ1n) is 10.5. The third-order valence-electron chi connectivity index (χ3n) is 5.68. The van der Waals surface area contributed by atoms with Crippen LogP contribution in [0, 0.1) is 6.92 Å². The molecular formula is C22H29N3O3S. The number of nitrogens with one attached hydrogen (secondary N) is 2. The van der Waals surface area contributed by atoms with Gasteiger partial charge in [0.25, 0.3) is 5.56 Å². The molecule has 0 spiro atoms.